The lowest BCUT2D eigenvalue weighted by atomic mass is 10.1. The van der Waals surface area contributed by atoms with Crippen LogP contribution in [0.2, 0.25) is 0 Å². The number of nitrogens with one attached hydrogen (secondary N) is 1. The second kappa shape index (κ2) is 6.11. The first-order valence-corrected chi connectivity index (χ1v) is 7.32. The van der Waals surface area contributed by atoms with E-state index < -0.39 is 13.0 Å². The molecule has 7 heteroatoms. The Morgan fingerprint density at radius 2 is 2.05 bits per heavy atom. The van der Waals surface area contributed by atoms with Gasteiger partial charge >= 0.3 is 0 Å². The summed E-state index contributed by atoms with van der Waals surface area (Å²) in [5.74, 6) is -0.146. The topological polar surface area (TPSA) is 40.5 Å². The number of alkyl halides is 2. The van der Waals surface area contributed by atoms with E-state index in [1.165, 1.54) is 10.8 Å². The average Bonchev–Trinajstić information content (AvgIpc) is 2.85. The molecule has 1 aromatic rings. The number of nitrogens with zero attached hydrogens (tertiary/aromatic N) is 3. The van der Waals surface area contributed by atoms with Crippen LogP contribution in [0.4, 0.5) is 8.78 Å². The Balaban J connectivity index is 1.56. The number of hydrogen-bond donors (Lipinski definition) is 1. The Kier molecular flexibility index (Phi) is 4.21. The Hall–Kier alpha value is -1.47. The number of carbonyl (C=O) groups excluding carboxylic acids is 1. The third-order valence-electron chi connectivity index (χ3n) is 4.20. The van der Waals surface area contributed by atoms with Gasteiger partial charge in [-0.3, -0.25) is 9.69 Å². The van der Waals surface area contributed by atoms with Gasteiger partial charge in [-0.15, -0.1) is 0 Å². The van der Waals surface area contributed by atoms with Crippen molar-refractivity contribution in [3.63, 3.8) is 0 Å². The van der Waals surface area contributed by atoms with Gasteiger partial charge in [0.05, 0.1) is 6.54 Å². The number of amides is 1. The van der Waals surface area contributed by atoms with Crippen molar-refractivity contribution in [1.29, 1.82) is 0 Å². The van der Waals surface area contributed by atoms with Crippen LogP contribution in [-0.2, 0) is 6.54 Å². The zero-order valence-corrected chi connectivity index (χ0v) is 11.8. The van der Waals surface area contributed by atoms with Crippen LogP contribution in [0, 0.1) is 0 Å². The number of likely N-dealkylation sites (tertiary alicyclic amines) is 1. The monoisotopic (exact) mass is 298 g/mol. The zero-order valence-electron chi connectivity index (χ0n) is 11.8. The maximum Gasteiger partial charge on any atom is 0.270 e. The molecule has 21 heavy (non-hydrogen) atoms. The highest BCUT2D eigenvalue weighted by Crippen LogP contribution is 2.19. The summed E-state index contributed by atoms with van der Waals surface area (Å²) in [6, 6.07) is 3.67. The van der Waals surface area contributed by atoms with E-state index in [0.29, 0.717) is 24.8 Å². The van der Waals surface area contributed by atoms with Gasteiger partial charge in [-0.1, -0.05) is 0 Å². The molecular formula is C14H20F2N4O. The molecule has 0 bridgehead atoms. The van der Waals surface area contributed by atoms with Gasteiger partial charge in [0.25, 0.3) is 12.3 Å². The molecule has 1 amide bonds. The number of carbonyl (C=O) groups is 1. The first-order valence-electron chi connectivity index (χ1n) is 7.32. The minimum absolute atomic E-state index is 0.146. The molecule has 116 valence electrons. The summed E-state index contributed by atoms with van der Waals surface area (Å²) in [6.07, 6.45) is -0.915. The summed E-state index contributed by atoms with van der Waals surface area (Å²) in [7, 11) is 0. The minimum Gasteiger partial charge on any atom is -0.338 e. The van der Waals surface area contributed by atoms with Crippen molar-refractivity contribution < 1.29 is 13.6 Å². The van der Waals surface area contributed by atoms with Crippen molar-refractivity contribution in [3.05, 3.63) is 24.0 Å². The molecular weight excluding hydrogens is 278 g/mol. The van der Waals surface area contributed by atoms with Crippen molar-refractivity contribution >= 4 is 5.91 Å². The summed E-state index contributed by atoms with van der Waals surface area (Å²) < 4.78 is 26.3. The molecule has 0 aromatic carbocycles. The van der Waals surface area contributed by atoms with Crippen molar-refractivity contribution in [2.45, 2.75) is 19.0 Å². The van der Waals surface area contributed by atoms with E-state index in [2.05, 4.69) is 10.2 Å². The third kappa shape index (κ3) is 3.08. The fourth-order valence-corrected chi connectivity index (χ4v) is 2.98. The molecule has 0 radical (unpaired) electrons. The standard InChI is InChI=1S/C14H20F2N4O/c15-13(16)10-19-5-1-2-12(19)14(21)20-8-11(9-20)18-6-3-17-4-7-18/h1-2,5,11,13,17H,3-4,6-10H2. The van der Waals surface area contributed by atoms with E-state index in [4.69, 9.17) is 0 Å². The first-order chi connectivity index (χ1) is 10.1. The highest BCUT2D eigenvalue weighted by Gasteiger charge is 2.36. The molecule has 1 N–H and O–H groups in total. The summed E-state index contributed by atoms with van der Waals surface area (Å²) >= 11 is 0. The Labute approximate surface area is 122 Å². The first kappa shape index (κ1) is 14.5. The number of piperazine rings is 1. The van der Waals surface area contributed by atoms with Crippen molar-refractivity contribution in [3.8, 4) is 0 Å². The molecule has 2 aliphatic rings. The van der Waals surface area contributed by atoms with Crippen LogP contribution in [0.25, 0.3) is 0 Å². The van der Waals surface area contributed by atoms with Gasteiger partial charge in [-0.2, -0.15) is 0 Å². The van der Waals surface area contributed by atoms with Crippen LogP contribution in [-0.4, -0.2) is 72.0 Å². The van der Waals surface area contributed by atoms with Crippen LogP contribution in [0.15, 0.2) is 18.3 Å². The summed E-state index contributed by atoms with van der Waals surface area (Å²) in [5, 5.41) is 3.30. The molecule has 0 spiro atoms. The molecule has 3 rings (SSSR count). The SMILES string of the molecule is O=C(c1cccn1CC(F)F)N1CC(N2CCNCC2)C1. The minimum atomic E-state index is -2.45. The van der Waals surface area contributed by atoms with E-state index in [-0.39, 0.29) is 5.91 Å². The van der Waals surface area contributed by atoms with Gasteiger partial charge in [0.2, 0.25) is 0 Å². The second-order valence-corrected chi connectivity index (χ2v) is 5.59. The number of rotatable bonds is 4. The summed E-state index contributed by atoms with van der Waals surface area (Å²) in [4.78, 5) is 16.5. The Bertz CT molecular complexity index is 493. The van der Waals surface area contributed by atoms with Crippen LogP contribution in [0.3, 0.4) is 0 Å². The molecule has 2 aliphatic heterocycles. The predicted octanol–water partition coefficient (Wildman–Crippen LogP) is 0.483. The molecule has 3 heterocycles. The van der Waals surface area contributed by atoms with Gasteiger partial charge in [0.15, 0.2) is 0 Å². The summed E-state index contributed by atoms with van der Waals surface area (Å²) in [5.41, 5.74) is 0.356. The van der Waals surface area contributed by atoms with E-state index >= 15 is 0 Å². The van der Waals surface area contributed by atoms with Crippen LogP contribution in [0.1, 0.15) is 10.5 Å². The quantitative estimate of drug-likeness (QED) is 0.879. The lowest BCUT2D eigenvalue weighted by Crippen LogP contribution is -2.64. The fraction of sp³-hybridized carbons (Fsp3) is 0.643. The largest absolute Gasteiger partial charge is 0.338 e. The Morgan fingerprint density at radius 3 is 2.71 bits per heavy atom. The fourth-order valence-electron chi connectivity index (χ4n) is 2.98. The average molecular weight is 298 g/mol. The van der Waals surface area contributed by atoms with Crippen LogP contribution in [0.5, 0.6) is 0 Å². The number of halogens is 2. The smallest absolute Gasteiger partial charge is 0.270 e. The Morgan fingerprint density at radius 1 is 1.33 bits per heavy atom. The molecule has 0 saturated carbocycles. The lowest BCUT2D eigenvalue weighted by Gasteiger charge is -2.46. The van der Waals surface area contributed by atoms with E-state index in [1.807, 2.05) is 0 Å². The van der Waals surface area contributed by atoms with E-state index in [0.717, 1.165) is 26.2 Å². The highest BCUT2D eigenvalue weighted by atomic mass is 19.3. The lowest BCUT2D eigenvalue weighted by molar-refractivity contribution is 0.0216. The summed E-state index contributed by atoms with van der Waals surface area (Å²) in [6.45, 7) is 4.95. The molecule has 2 saturated heterocycles. The maximum atomic E-state index is 12.5. The maximum absolute atomic E-state index is 12.5. The number of hydrogen-bond acceptors (Lipinski definition) is 3. The van der Waals surface area contributed by atoms with Gasteiger partial charge in [0, 0.05) is 51.5 Å². The van der Waals surface area contributed by atoms with Crippen molar-refractivity contribution in [2.75, 3.05) is 39.3 Å². The van der Waals surface area contributed by atoms with E-state index in [1.54, 1.807) is 17.0 Å². The molecule has 5 nitrogen and oxygen atoms in total. The molecule has 1 aromatic heterocycles. The second-order valence-electron chi connectivity index (χ2n) is 5.59. The van der Waals surface area contributed by atoms with Crippen molar-refractivity contribution in [2.24, 2.45) is 0 Å². The van der Waals surface area contributed by atoms with Gasteiger partial charge < -0.3 is 14.8 Å². The molecule has 2 fully saturated rings. The molecule has 0 aliphatic carbocycles. The highest BCUT2D eigenvalue weighted by molar-refractivity contribution is 5.93. The van der Waals surface area contributed by atoms with Gasteiger partial charge in [0.1, 0.15) is 5.69 Å². The van der Waals surface area contributed by atoms with Gasteiger partial charge in [-0.05, 0) is 12.1 Å². The predicted molar refractivity (Wildman–Crippen MR) is 74.6 cm³/mol. The van der Waals surface area contributed by atoms with Crippen molar-refractivity contribution in [1.82, 2.24) is 19.7 Å². The van der Waals surface area contributed by atoms with E-state index in [9.17, 15) is 13.6 Å². The van der Waals surface area contributed by atoms with Crippen LogP contribution >= 0.6 is 0 Å². The third-order valence-corrected chi connectivity index (χ3v) is 4.20. The molecule has 0 atom stereocenters. The molecule has 0 unspecified atom stereocenters. The normalized spacial score (nSPS) is 20.8. The zero-order chi connectivity index (χ0) is 14.8. The van der Waals surface area contributed by atoms with Gasteiger partial charge in [-0.25, -0.2) is 8.78 Å². The number of aromatic nitrogens is 1. The van der Waals surface area contributed by atoms with Crippen LogP contribution < -0.4 is 5.32 Å².